The van der Waals surface area contributed by atoms with Gasteiger partial charge < -0.3 is 0 Å². The van der Waals surface area contributed by atoms with Crippen molar-refractivity contribution < 1.29 is 12.6 Å². The third kappa shape index (κ3) is 4.48. The maximum atomic E-state index is 12.3. The molecule has 0 saturated heterocycles. The van der Waals surface area contributed by atoms with Gasteiger partial charge in [0.2, 0.25) is 10.0 Å². The van der Waals surface area contributed by atoms with E-state index < -0.39 is 20.8 Å². The molecule has 0 aliphatic carbocycles. The lowest BCUT2D eigenvalue weighted by Crippen LogP contribution is -2.28. The molecule has 0 bridgehead atoms. The van der Waals surface area contributed by atoms with Gasteiger partial charge >= 0.3 is 0 Å². The van der Waals surface area contributed by atoms with E-state index in [0.29, 0.717) is 16.0 Å². The van der Waals surface area contributed by atoms with E-state index in [9.17, 15) is 12.6 Å². The predicted octanol–water partition coefficient (Wildman–Crippen LogP) is 1.95. The van der Waals surface area contributed by atoms with E-state index in [1.165, 1.54) is 18.2 Å². The van der Waals surface area contributed by atoms with E-state index in [-0.39, 0.29) is 17.2 Å². The summed E-state index contributed by atoms with van der Waals surface area (Å²) in [5.74, 6) is 0.193. The molecule has 1 N–H and O–H groups in total. The van der Waals surface area contributed by atoms with E-state index in [0.717, 1.165) is 0 Å². The normalized spacial score (nSPS) is 12.5. The molecule has 23 heavy (non-hydrogen) atoms. The Labute approximate surface area is 138 Å². The second-order valence-corrected chi connectivity index (χ2v) is 8.16. The molecule has 0 aromatic heterocycles. The Hall–Kier alpha value is -2.01. The molecule has 120 valence electrons. The van der Waals surface area contributed by atoms with Crippen LogP contribution in [0, 0.1) is 18.3 Å². The minimum Gasteiger partial charge on any atom is -0.254 e. The van der Waals surface area contributed by atoms with Gasteiger partial charge in [0.05, 0.1) is 27.3 Å². The number of nitrogens with one attached hydrogen (secondary N) is 1. The fourth-order valence-electron chi connectivity index (χ4n) is 2.06. The third-order valence-electron chi connectivity index (χ3n) is 3.18. The monoisotopic (exact) mass is 348 g/mol. The summed E-state index contributed by atoms with van der Waals surface area (Å²) in [6.45, 7) is 1.71. The topological polar surface area (TPSA) is 87.0 Å². The SMILES string of the molecule is Cc1cc(C#N)ccc1S(=O)(=O)NCC[S@](=O)c1ccccc1. The van der Waals surface area contributed by atoms with Crippen LogP contribution in [0.4, 0.5) is 0 Å². The molecule has 0 aliphatic heterocycles. The van der Waals surface area contributed by atoms with Crippen molar-refractivity contribution in [2.24, 2.45) is 0 Å². The zero-order valence-corrected chi connectivity index (χ0v) is 14.2. The summed E-state index contributed by atoms with van der Waals surface area (Å²) in [5.41, 5.74) is 0.910. The molecular formula is C16H16N2O3S2. The molecular weight excluding hydrogens is 332 g/mol. The van der Waals surface area contributed by atoms with Crippen LogP contribution in [-0.4, -0.2) is 24.9 Å². The van der Waals surface area contributed by atoms with E-state index in [2.05, 4.69) is 4.72 Å². The van der Waals surface area contributed by atoms with E-state index in [1.54, 1.807) is 31.2 Å². The number of rotatable bonds is 6. The first-order valence-corrected chi connectivity index (χ1v) is 9.68. The maximum Gasteiger partial charge on any atom is 0.240 e. The fourth-order valence-corrected chi connectivity index (χ4v) is 4.43. The summed E-state index contributed by atoms with van der Waals surface area (Å²) >= 11 is 0. The summed E-state index contributed by atoms with van der Waals surface area (Å²) in [4.78, 5) is 0.795. The lowest BCUT2D eigenvalue weighted by molar-refractivity contribution is 0.583. The third-order valence-corrected chi connectivity index (χ3v) is 6.17. The first-order valence-electron chi connectivity index (χ1n) is 6.88. The number of nitriles is 1. The summed E-state index contributed by atoms with van der Waals surface area (Å²) in [7, 11) is -4.94. The number of benzene rings is 2. The molecule has 0 amide bonds. The Kier molecular flexibility index (Phi) is 5.66. The van der Waals surface area contributed by atoms with Gasteiger partial charge in [-0.2, -0.15) is 5.26 Å². The van der Waals surface area contributed by atoms with Crippen LogP contribution in [-0.2, 0) is 20.8 Å². The van der Waals surface area contributed by atoms with Gasteiger partial charge in [0, 0.05) is 17.2 Å². The Morgan fingerprint density at radius 2 is 1.87 bits per heavy atom. The van der Waals surface area contributed by atoms with E-state index in [1.807, 2.05) is 12.1 Å². The predicted molar refractivity (Wildman–Crippen MR) is 88.8 cm³/mol. The maximum absolute atomic E-state index is 12.3. The lowest BCUT2D eigenvalue weighted by atomic mass is 10.2. The number of nitrogens with zero attached hydrogens (tertiary/aromatic N) is 1. The average Bonchev–Trinajstić information content (AvgIpc) is 2.55. The Bertz CT molecular complexity index is 857. The molecule has 5 nitrogen and oxygen atoms in total. The van der Waals surface area contributed by atoms with Gasteiger partial charge in [0.25, 0.3) is 0 Å². The van der Waals surface area contributed by atoms with Gasteiger partial charge in [0.15, 0.2) is 0 Å². The molecule has 1 atom stereocenters. The van der Waals surface area contributed by atoms with Crippen molar-refractivity contribution in [1.82, 2.24) is 4.72 Å². The highest BCUT2D eigenvalue weighted by Crippen LogP contribution is 2.16. The van der Waals surface area contributed by atoms with Crippen LogP contribution in [0.2, 0.25) is 0 Å². The van der Waals surface area contributed by atoms with Crippen molar-refractivity contribution in [2.75, 3.05) is 12.3 Å². The Balaban J connectivity index is 2.02. The van der Waals surface area contributed by atoms with Gasteiger partial charge in [-0.3, -0.25) is 4.21 Å². The summed E-state index contributed by atoms with van der Waals surface area (Å²) in [5, 5.41) is 8.82. The zero-order valence-electron chi connectivity index (χ0n) is 12.5. The minimum atomic E-state index is -3.69. The molecule has 7 heteroatoms. The molecule has 0 saturated carbocycles. The molecule has 2 rings (SSSR count). The van der Waals surface area contributed by atoms with E-state index >= 15 is 0 Å². The van der Waals surface area contributed by atoms with Gasteiger partial charge in [-0.25, -0.2) is 13.1 Å². The van der Waals surface area contributed by atoms with Crippen LogP contribution in [0.3, 0.4) is 0 Å². The highest BCUT2D eigenvalue weighted by molar-refractivity contribution is 7.89. The summed E-state index contributed by atoms with van der Waals surface area (Å²) in [6, 6.07) is 15.3. The number of hydrogen-bond donors (Lipinski definition) is 1. The first kappa shape index (κ1) is 17.3. The van der Waals surface area contributed by atoms with Crippen LogP contribution in [0.5, 0.6) is 0 Å². The number of aryl methyl sites for hydroxylation is 1. The summed E-state index contributed by atoms with van der Waals surface area (Å²) in [6.07, 6.45) is 0. The Morgan fingerprint density at radius 1 is 1.17 bits per heavy atom. The average molecular weight is 348 g/mol. The highest BCUT2D eigenvalue weighted by atomic mass is 32.2. The van der Waals surface area contributed by atoms with Crippen molar-refractivity contribution in [3.05, 3.63) is 59.7 Å². The van der Waals surface area contributed by atoms with Gasteiger partial charge in [-0.05, 0) is 42.8 Å². The van der Waals surface area contributed by atoms with Crippen LogP contribution >= 0.6 is 0 Å². The van der Waals surface area contributed by atoms with Gasteiger partial charge in [-0.1, -0.05) is 18.2 Å². The fraction of sp³-hybridized carbons (Fsp3) is 0.188. The molecule has 2 aromatic carbocycles. The van der Waals surface area contributed by atoms with Crippen LogP contribution in [0.1, 0.15) is 11.1 Å². The van der Waals surface area contributed by atoms with E-state index in [4.69, 9.17) is 5.26 Å². The van der Waals surface area contributed by atoms with Crippen LogP contribution in [0.25, 0.3) is 0 Å². The number of hydrogen-bond acceptors (Lipinski definition) is 4. The zero-order chi connectivity index (χ0) is 16.9. The quantitative estimate of drug-likeness (QED) is 0.864. The first-order chi connectivity index (χ1) is 10.9. The van der Waals surface area contributed by atoms with Crippen molar-refractivity contribution in [2.45, 2.75) is 16.7 Å². The highest BCUT2D eigenvalue weighted by Gasteiger charge is 2.17. The smallest absolute Gasteiger partial charge is 0.240 e. The molecule has 0 heterocycles. The van der Waals surface area contributed by atoms with Crippen molar-refractivity contribution in [3.8, 4) is 6.07 Å². The second-order valence-electron chi connectivity index (χ2n) is 4.85. The largest absolute Gasteiger partial charge is 0.254 e. The number of sulfonamides is 1. The van der Waals surface area contributed by atoms with Gasteiger partial charge in [0.1, 0.15) is 0 Å². The second kappa shape index (κ2) is 7.51. The molecule has 0 fully saturated rings. The molecule has 2 aromatic rings. The molecule has 0 spiro atoms. The summed E-state index contributed by atoms with van der Waals surface area (Å²) < 4.78 is 39.1. The van der Waals surface area contributed by atoms with Gasteiger partial charge in [-0.15, -0.1) is 0 Å². The molecule has 0 radical (unpaired) electrons. The van der Waals surface area contributed by atoms with Crippen molar-refractivity contribution in [1.29, 1.82) is 5.26 Å². The molecule has 0 unspecified atom stereocenters. The Morgan fingerprint density at radius 3 is 2.48 bits per heavy atom. The van der Waals surface area contributed by atoms with Crippen molar-refractivity contribution >= 4 is 20.8 Å². The van der Waals surface area contributed by atoms with Crippen LogP contribution < -0.4 is 4.72 Å². The van der Waals surface area contributed by atoms with Crippen LogP contribution in [0.15, 0.2) is 58.3 Å². The lowest BCUT2D eigenvalue weighted by Gasteiger charge is -2.09. The standard InChI is InChI=1S/C16H16N2O3S2/c1-13-11-14(12-17)7-8-16(13)23(20,21)18-9-10-22(19)15-5-3-2-4-6-15/h2-8,11,18H,9-10H2,1H3/t22-/m0/s1. The minimum absolute atomic E-state index is 0.0727. The van der Waals surface area contributed by atoms with Crippen molar-refractivity contribution in [3.63, 3.8) is 0 Å². The molecule has 0 aliphatic rings.